The van der Waals surface area contributed by atoms with Gasteiger partial charge in [-0.25, -0.2) is 0 Å². The van der Waals surface area contributed by atoms with Gasteiger partial charge in [0.2, 0.25) is 0 Å². The van der Waals surface area contributed by atoms with Crippen molar-refractivity contribution in [3.8, 4) is 5.75 Å². The lowest BCUT2D eigenvalue weighted by Gasteiger charge is -2.22. The number of carbonyl (C=O) groups excluding carboxylic acids is 1. The van der Waals surface area contributed by atoms with Gasteiger partial charge in [0.1, 0.15) is 11.4 Å². The van der Waals surface area contributed by atoms with E-state index in [-0.39, 0.29) is 18.0 Å². The van der Waals surface area contributed by atoms with Crippen LogP contribution in [0.25, 0.3) is 0 Å². The lowest BCUT2D eigenvalue weighted by molar-refractivity contribution is -0.384. The number of nitrogens with one attached hydrogen (secondary N) is 1. The number of carbonyl (C=O) groups is 1. The molecule has 0 bridgehead atoms. The van der Waals surface area contributed by atoms with Crippen molar-refractivity contribution < 1.29 is 14.5 Å². The molecule has 1 saturated carbocycles. The van der Waals surface area contributed by atoms with Crippen LogP contribution >= 0.6 is 0 Å². The van der Waals surface area contributed by atoms with Crippen molar-refractivity contribution >= 4 is 17.3 Å². The number of anilines is 1. The first-order valence-electron chi connectivity index (χ1n) is 9.30. The molecule has 3 rings (SSSR count). The zero-order chi connectivity index (χ0) is 19.2. The van der Waals surface area contributed by atoms with Crippen LogP contribution in [-0.4, -0.2) is 17.4 Å². The van der Waals surface area contributed by atoms with E-state index in [4.69, 9.17) is 4.74 Å². The minimum atomic E-state index is -0.506. The van der Waals surface area contributed by atoms with E-state index in [2.05, 4.69) is 17.4 Å². The minimum Gasteiger partial charge on any atom is -0.484 e. The topological polar surface area (TPSA) is 81.5 Å². The fourth-order valence-electron chi connectivity index (χ4n) is 3.51. The largest absolute Gasteiger partial charge is 0.484 e. The quantitative estimate of drug-likeness (QED) is 0.576. The Morgan fingerprint density at radius 1 is 1.15 bits per heavy atom. The van der Waals surface area contributed by atoms with Gasteiger partial charge in [-0.15, -0.1) is 0 Å². The van der Waals surface area contributed by atoms with E-state index in [0.29, 0.717) is 11.7 Å². The predicted molar refractivity (Wildman–Crippen MR) is 104 cm³/mol. The molecule has 2 aromatic rings. The molecule has 1 amide bonds. The maximum absolute atomic E-state index is 12.1. The molecular weight excluding hydrogens is 344 g/mol. The molecule has 0 atom stereocenters. The normalized spacial score (nSPS) is 14.6. The predicted octanol–water partition coefficient (Wildman–Crippen LogP) is 4.97. The molecule has 1 aliphatic carbocycles. The first-order chi connectivity index (χ1) is 13.0. The van der Waals surface area contributed by atoms with Crippen LogP contribution in [-0.2, 0) is 4.79 Å². The Kier molecular flexibility index (Phi) is 6.06. The van der Waals surface area contributed by atoms with E-state index >= 15 is 0 Å². The highest BCUT2D eigenvalue weighted by Gasteiger charge is 2.17. The molecule has 0 radical (unpaired) electrons. The molecule has 0 aliphatic heterocycles. The number of aryl methyl sites for hydroxylation is 1. The summed E-state index contributed by atoms with van der Waals surface area (Å²) in [6.45, 7) is 1.56. The average Bonchev–Trinajstić information content (AvgIpc) is 2.69. The van der Waals surface area contributed by atoms with Crippen molar-refractivity contribution in [3.63, 3.8) is 0 Å². The Morgan fingerprint density at radius 3 is 2.52 bits per heavy atom. The highest BCUT2D eigenvalue weighted by atomic mass is 16.6. The summed E-state index contributed by atoms with van der Waals surface area (Å²) in [6.07, 6.45) is 6.37. The fraction of sp³-hybridized carbons (Fsp3) is 0.381. The van der Waals surface area contributed by atoms with Crippen molar-refractivity contribution in [3.05, 3.63) is 63.7 Å². The molecular formula is C21H24N2O4. The van der Waals surface area contributed by atoms with Crippen molar-refractivity contribution in [2.45, 2.75) is 44.9 Å². The number of benzene rings is 2. The van der Waals surface area contributed by atoms with Crippen molar-refractivity contribution in [1.82, 2.24) is 0 Å². The monoisotopic (exact) mass is 368 g/mol. The van der Waals surface area contributed by atoms with Crippen LogP contribution < -0.4 is 10.1 Å². The van der Waals surface area contributed by atoms with Crippen LogP contribution in [0.5, 0.6) is 5.75 Å². The molecule has 1 aliphatic rings. The molecule has 1 fully saturated rings. The van der Waals surface area contributed by atoms with Crippen LogP contribution in [0.1, 0.15) is 49.1 Å². The SMILES string of the molecule is Cc1ccc(NC(=O)COc2ccc(C3CCCCC3)cc2)c([N+](=O)[O-])c1. The summed E-state index contributed by atoms with van der Waals surface area (Å²) >= 11 is 0. The smallest absolute Gasteiger partial charge is 0.293 e. The van der Waals surface area contributed by atoms with Gasteiger partial charge in [-0.05, 0) is 55.0 Å². The summed E-state index contributed by atoms with van der Waals surface area (Å²) in [5, 5.41) is 13.7. The number of amides is 1. The van der Waals surface area contributed by atoms with Crippen molar-refractivity contribution in [2.75, 3.05) is 11.9 Å². The second kappa shape index (κ2) is 8.66. The van der Waals surface area contributed by atoms with E-state index in [0.717, 1.165) is 5.56 Å². The Morgan fingerprint density at radius 2 is 1.85 bits per heavy atom. The molecule has 0 aromatic heterocycles. The number of nitro benzene ring substituents is 1. The summed E-state index contributed by atoms with van der Waals surface area (Å²) in [5.74, 6) is 0.805. The molecule has 27 heavy (non-hydrogen) atoms. The Balaban J connectivity index is 1.55. The van der Waals surface area contributed by atoms with Crippen molar-refractivity contribution in [2.24, 2.45) is 0 Å². The number of hydrogen-bond donors (Lipinski definition) is 1. The number of ether oxygens (including phenoxy) is 1. The summed E-state index contributed by atoms with van der Waals surface area (Å²) < 4.78 is 5.52. The number of hydrogen-bond acceptors (Lipinski definition) is 4. The lowest BCUT2D eigenvalue weighted by atomic mass is 9.84. The van der Waals surface area contributed by atoms with E-state index in [9.17, 15) is 14.9 Å². The van der Waals surface area contributed by atoms with E-state index in [1.807, 2.05) is 12.1 Å². The minimum absolute atomic E-state index is 0.125. The van der Waals surface area contributed by atoms with Gasteiger partial charge in [-0.2, -0.15) is 0 Å². The summed E-state index contributed by atoms with van der Waals surface area (Å²) in [5.41, 5.74) is 2.13. The number of nitro groups is 1. The summed E-state index contributed by atoms with van der Waals surface area (Å²) in [6, 6.07) is 12.6. The van der Waals surface area contributed by atoms with E-state index < -0.39 is 10.8 Å². The van der Waals surface area contributed by atoms with E-state index in [1.165, 1.54) is 49.8 Å². The van der Waals surface area contributed by atoms with Crippen molar-refractivity contribution in [1.29, 1.82) is 0 Å². The Bertz CT molecular complexity index is 811. The molecule has 6 heteroatoms. The number of rotatable bonds is 6. The zero-order valence-corrected chi connectivity index (χ0v) is 15.4. The molecule has 0 unspecified atom stereocenters. The van der Waals surface area contributed by atoms with Gasteiger partial charge in [-0.1, -0.05) is 37.5 Å². The average molecular weight is 368 g/mol. The van der Waals surface area contributed by atoms with Gasteiger partial charge in [-0.3, -0.25) is 14.9 Å². The number of nitrogens with zero attached hydrogens (tertiary/aromatic N) is 1. The van der Waals surface area contributed by atoms with Crippen LogP contribution in [0.15, 0.2) is 42.5 Å². The molecule has 2 aromatic carbocycles. The zero-order valence-electron chi connectivity index (χ0n) is 15.4. The third-order valence-corrected chi connectivity index (χ3v) is 4.95. The van der Waals surface area contributed by atoms with Crippen LogP contribution in [0.4, 0.5) is 11.4 Å². The standard InChI is InChI=1S/C21H24N2O4/c1-15-7-12-19(20(13-15)23(25)26)22-21(24)14-27-18-10-8-17(9-11-18)16-5-3-2-4-6-16/h7-13,16H,2-6,14H2,1H3,(H,22,24). The van der Waals surface area contributed by atoms with Gasteiger partial charge in [0, 0.05) is 6.07 Å². The van der Waals surface area contributed by atoms with Gasteiger partial charge in [0.25, 0.3) is 11.6 Å². The Labute approximate surface area is 158 Å². The maximum Gasteiger partial charge on any atom is 0.293 e. The van der Waals surface area contributed by atoms with Crippen LogP contribution in [0.2, 0.25) is 0 Å². The highest BCUT2D eigenvalue weighted by Crippen LogP contribution is 2.33. The molecule has 6 nitrogen and oxygen atoms in total. The molecule has 0 heterocycles. The third-order valence-electron chi connectivity index (χ3n) is 4.95. The second-order valence-electron chi connectivity index (χ2n) is 7.02. The molecule has 0 saturated heterocycles. The first kappa shape index (κ1) is 18.9. The van der Waals surface area contributed by atoms with E-state index in [1.54, 1.807) is 13.0 Å². The second-order valence-corrected chi connectivity index (χ2v) is 7.02. The third kappa shape index (κ3) is 5.06. The fourth-order valence-corrected chi connectivity index (χ4v) is 3.51. The van der Waals surface area contributed by atoms with Gasteiger partial charge in [0.15, 0.2) is 6.61 Å². The van der Waals surface area contributed by atoms with Gasteiger partial charge in [0.05, 0.1) is 4.92 Å². The maximum atomic E-state index is 12.1. The first-order valence-corrected chi connectivity index (χ1v) is 9.30. The molecule has 142 valence electrons. The molecule has 0 spiro atoms. The van der Waals surface area contributed by atoms with Gasteiger partial charge >= 0.3 is 0 Å². The Hall–Kier alpha value is -2.89. The molecule has 1 N–H and O–H groups in total. The van der Waals surface area contributed by atoms with Crippen LogP contribution in [0.3, 0.4) is 0 Å². The van der Waals surface area contributed by atoms with Crippen LogP contribution in [0, 0.1) is 17.0 Å². The lowest BCUT2D eigenvalue weighted by Crippen LogP contribution is -2.20. The van der Waals surface area contributed by atoms with Gasteiger partial charge < -0.3 is 10.1 Å². The highest BCUT2D eigenvalue weighted by molar-refractivity contribution is 5.94. The summed E-state index contributed by atoms with van der Waals surface area (Å²) in [7, 11) is 0. The summed E-state index contributed by atoms with van der Waals surface area (Å²) in [4.78, 5) is 22.7.